The van der Waals surface area contributed by atoms with Crippen molar-refractivity contribution < 1.29 is 0 Å². The highest BCUT2D eigenvalue weighted by Crippen LogP contribution is 2.36. The second kappa shape index (κ2) is 6.71. The van der Waals surface area contributed by atoms with Crippen LogP contribution in [0.1, 0.15) is 18.9 Å². The third-order valence-corrected chi connectivity index (χ3v) is 5.09. The normalized spacial score (nSPS) is 19.1. The number of hydrogen-bond acceptors (Lipinski definition) is 3. The quantitative estimate of drug-likeness (QED) is 0.622. The first-order valence-electron chi connectivity index (χ1n) is 6.76. The van der Waals surface area contributed by atoms with Crippen LogP contribution >= 0.6 is 46.6 Å². The molecule has 2 aromatic carbocycles. The van der Waals surface area contributed by atoms with Crippen LogP contribution in [0.3, 0.4) is 0 Å². The predicted octanol–water partition coefficient (Wildman–Crippen LogP) is 6.35. The van der Waals surface area contributed by atoms with Crippen molar-refractivity contribution in [1.82, 2.24) is 0 Å². The summed E-state index contributed by atoms with van der Waals surface area (Å²) in [6.07, 6.45) is 0.874. The van der Waals surface area contributed by atoms with Gasteiger partial charge in [0.25, 0.3) is 0 Å². The summed E-state index contributed by atoms with van der Waals surface area (Å²) in [7, 11) is 0. The van der Waals surface area contributed by atoms with Gasteiger partial charge in [-0.05, 0) is 36.4 Å². The lowest BCUT2D eigenvalue weighted by atomic mass is 10.1. The highest BCUT2D eigenvalue weighted by molar-refractivity contribution is 8.00. The molecule has 0 fully saturated rings. The zero-order valence-electron chi connectivity index (χ0n) is 11.7. The van der Waals surface area contributed by atoms with E-state index in [-0.39, 0.29) is 0 Å². The minimum atomic E-state index is 0.470. The number of nitrogens with one attached hydrogen (secondary N) is 1. The van der Waals surface area contributed by atoms with E-state index in [2.05, 4.69) is 17.5 Å². The highest BCUT2D eigenvalue weighted by atomic mass is 35.5. The average Bonchev–Trinajstić information content (AvgIpc) is 2.44. The number of halogens is 3. The number of nitrogens with zero attached hydrogens (tertiary/aromatic N) is 1. The standard InChI is InChI=1S/C16H13Cl3N2S/c1-9-4-15(14-8-10(17)2-3-16(14)22-9)21-20-13-6-11(18)5-12(19)7-13/h2-3,5-9,20H,4H2,1H3/b21-15-/t9-/m1/s1. The van der Waals surface area contributed by atoms with Gasteiger partial charge >= 0.3 is 0 Å². The Morgan fingerprint density at radius 3 is 2.50 bits per heavy atom. The van der Waals surface area contributed by atoms with Crippen molar-refractivity contribution in [3.63, 3.8) is 0 Å². The van der Waals surface area contributed by atoms with Gasteiger partial charge in [-0.3, -0.25) is 5.43 Å². The Labute approximate surface area is 148 Å². The molecule has 0 aromatic heterocycles. The molecule has 22 heavy (non-hydrogen) atoms. The van der Waals surface area contributed by atoms with E-state index in [1.54, 1.807) is 18.2 Å². The maximum Gasteiger partial charge on any atom is 0.0702 e. The van der Waals surface area contributed by atoms with E-state index in [1.165, 1.54) is 4.90 Å². The maximum atomic E-state index is 6.12. The summed E-state index contributed by atoms with van der Waals surface area (Å²) in [4.78, 5) is 1.20. The van der Waals surface area contributed by atoms with Crippen LogP contribution < -0.4 is 5.43 Å². The van der Waals surface area contributed by atoms with Crippen LogP contribution in [-0.4, -0.2) is 11.0 Å². The zero-order valence-corrected chi connectivity index (χ0v) is 14.8. The fraction of sp³-hybridized carbons (Fsp3) is 0.188. The third-order valence-electron chi connectivity index (χ3n) is 3.24. The number of rotatable bonds is 2. The average molecular weight is 372 g/mol. The van der Waals surface area contributed by atoms with E-state index in [0.717, 1.165) is 23.4 Å². The topological polar surface area (TPSA) is 24.4 Å². The molecule has 0 saturated carbocycles. The van der Waals surface area contributed by atoms with Gasteiger partial charge in [0.1, 0.15) is 0 Å². The van der Waals surface area contributed by atoms with Crippen LogP contribution in [-0.2, 0) is 0 Å². The number of hydrogen-bond donors (Lipinski definition) is 1. The van der Waals surface area contributed by atoms with Crippen LogP contribution in [0.2, 0.25) is 15.1 Å². The number of fused-ring (bicyclic) bond motifs is 1. The second-order valence-electron chi connectivity index (χ2n) is 5.10. The molecule has 1 aliphatic rings. The molecule has 1 heterocycles. The molecule has 0 unspecified atom stereocenters. The summed E-state index contributed by atoms with van der Waals surface area (Å²) in [6.45, 7) is 2.19. The molecule has 3 rings (SSSR count). The van der Waals surface area contributed by atoms with Crippen molar-refractivity contribution in [3.05, 3.63) is 57.0 Å². The molecule has 0 radical (unpaired) electrons. The van der Waals surface area contributed by atoms with Gasteiger partial charge < -0.3 is 0 Å². The molecule has 1 N–H and O–H groups in total. The lowest BCUT2D eigenvalue weighted by molar-refractivity contribution is 0.988. The predicted molar refractivity (Wildman–Crippen MR) is 98.0 cm³/mol. The van der Waals surface area contributed by atoms with Crippen molar-refractivity contribution >= 4 is 58.0 Å². The van der Waals surface area contributed by atoms with Crippen LogP contribution in [0.25, 0.3) is 0 Å². The Morgan fingerprint density at radius 1 is 1.05 bits per heavy atom. The Hall–Kier alpha value is -0.870. The molecule has 6 heteroatoms. The van der Waals surface area contributed by atoms with Crippen molar-refractivity contribution in [2.45, 2.75) is 23.5 Å². The van der Waals surface area contributed by atoms with E-state index in [1.807, 2.05) is 30.0 Å². The van der Waals surface area contributed by atoms with Gasteiger partial charge in [-0.2, -0.15) is 5.10 Å². The SMILES string of the molecule is C[C@@H]1C/C(=N/Nc2cc(Cl)cc(Cl)c2)c2cc(Cl)ccc2S1. The van der Waals surface area contributed by atoms with E-state index >= 15 is 0 Å². The summed E-state index contributed by atoms with van der Waals surface area (Å²) in [6, 6.07) is 11.2. The van der Waals surface area contributed by atoms with Crippen LogP contribution in [0, 0.1) is 0 Å². The molecule has 0 saturated heterocycles. The first-order valence-corrected chi connectivity index (χ1v) is 8.78. The molecule has 1 atom stereocenters. The molecule has 114 valence electrons. The first-order chi connectivity index (χ1) is 10.5. The largest absolute Gasteiger partial charge is 0.278 e. The molecule has 2 nitrogen and oxygen atoms in total. The maximum absolute atomic E-state index is 6.12. The van der Waals surface area contributed by atoms with Crippen LogP contribution in [0.15, 0.2) is 46.4 Å². The van der Waals surface area contributed by atoms with Crippen LogP contribution in [0.4, 0.5) is 5.69 Å². The van der Waals surface area contributed by atoms with Gasteiger partial charge in [0.05, 0.1) is 11.4 Å². The van der Waals surface area contributed by atoms with E-state index < -0.39 is 0 Å². The summed E-state index contributed by atoms with van der Waals surface area (Å²) < 4.78 is 0. The monoisotopic (exact) mass is 370 g/mol. The third kappa shape index (κ3) is 3.72. The van der Waals surface area contributed by atoms with Crippen molar-refractivity contribution in [2.75, 3.05) is 5.43 Å². The molecular formula is C16H13Cl3N2S. The van der Waals surface area contributed by atoms with Gasteiger partial charge in [0.15, 0.2) is 0 Å². The second-order valence-corrected chi connectivity index (χ2v) is 7.89. The van der Waals surface area contributed by atoms with Crippen molar-refractivity contribution in [3.8, 4) is 0 Å². The lowest BCUT2D eigenvalue weighted by Gasteiger charge is -2.22. The van der Waals surface area contributed by atoms with E-state index in [0.29, 0.717) is 20.3 Å². The summed E-state index contributed by atoms with van der Waals surface area (Å²) in [5, 5.41) is 6.88. The van der Waals surface area contributed by atoms with Gasteiger partial charge in [0, 0.05) is 37.2 Å². The minimum absolute atomic E-state index is 0.470. The molecule has 0 amide bonds. The number of thioether (sulfide) groups is 1. The van der Waals surface area contributed by atoms with E-state index in [4.69, 9.17) is 34.8 Å². The Bertz CT molecular complexity index is 726. The van der Waals surface area contributed by atoms with Crippen LogP contribution in [0.5, 0.6) is 0 Å². The lowest BCUT2D eigenvalue weighted by Crippen LogP contribution is -2.17. The molecule has 1 aliphatic heterocycles. The first kappa shape index (κ1) is 16.0. The Kier molecular flexibility index (Phi) is 4.88. The Morgan fingerprint density at radius 2 is 1.77 bits per heavy atom. The molecule has 0 aliphatic carbocycles. The fourth-order valence-electron chi connectivity index (χ4n) is 2.33. The van der Waals surface area contributed by atoms with Crippen molar-refractivity contribution in [2.24, 2.45) is 5.10 Å². The number of hydrazone groups is 1. The van der Waals surface area contributed by atoms with E-state index in [9.17, 15) is 0 Å². The summed E-state index contributed by atoms with van der Waals surface area (Å²) in [5.74, 6) is 0. The smallest absolute Gasteiger partial charge is 0.0702 e. The molecule has 0 bridgehead atoms. The number of benzene rings is 2. The molecule has 2 aromatic rings. The Balaban J connectivity index is 1.92. The highest BCUT2D eigenvalue weighted by Gasteiger charge is 2.21. The van der Waals surface area contributed by atoms with Crippen molar-refractivity contribution in [1.29, 1.82) is 0 Å². The van der Waals surface area contributed by atoms with Gasteiger partial charge in [-0.1, -0.05) is 41.7 Å². The molecular weight excluding hydrogens is 359 g/mol. The zero-order chi connectivity index (χ0) is 15.7. The number of anilines is 1. The molecule has 0 spiro atoms. The van der Waals surface area contributed by atoms with Gasteiger partial charge in [0.2, 0.25) is 0 Å². The summed E-state index contributed by atoms with van der Waals surface area (Å²) in [5.41, 5.74) is 5.87. The summed E-state index contributed by atoms with van der Waals surface area (Å²) >= 11 is 20.0. The fourth-order valence-corrected chi connectivity index (χ4v) is 4.15. The van der Waals surface area contributed by atoms with Gasteiger partial charge in [-0.25, -0.2) is 0 Å². The minimum Gasteiger partial charge on any atom is -0.278 e. The van der Waals surface area contributed by atoms with Gasteiger partial charge in [-0.15, -0.1) is 11.8 Å².